The second kappa shape index (κ2) is 18.3. The summed E-state index contributed by atoms with van der Waals surface area (Å²) >= 11 is 0. The largest absolute Gasteiger partial charge is 0.497 e. The number of esters is 2. The summed E-state index contributed by atoms with van der Waals surface area (Å²) < 4.78 is 66.9. The van der Waals surface area contributed by atoms with E-state index in [2.05, 4.69) is 10.1 Å². The zero-order valence-corrected chi connectivity index (χ0v) is 26.9. The lowest BCUT2D eigenvalue weighted by atomic mass is 9.98. The number of nitrogens with one attached hydrogen (secondary N) is 1. The first-order valence-corrected chi connectivity index (χ1v) is 14.5. The maximum Gasteiger partial charge on any atom is 0.416 e. The fourth-order valence-electron chi connectivity index (χ4n) is 4.35. The smallest absolute Gasteiger partial charge is 0.416 e. The van der Waals surface area contributed by atoms with E-state index < -0.39 is 71.5 Å². The summed E-state index contributed by atoms with van der Waals surface area (Å²) in [7, 11) is 2.85. The Morgan fingerprint density at radius 1 is 0.837 bits per heavy atom. The second-order valence-corrected chi connectivity index (χ2v) is 10.8. The van der Waals surface area contributed by atoms with E-state index in [0.717, 1.165) is 5.56 Å². The van der Waals surface area contributed by atoms with E-state index in [1.54, 1.807) is 55.5 Å². The Balaban J connectivity index is 0.000000543. The van der Waals surface area contributed by atoms with Crippen LogP contribution >= 0.6 is 0 Å². The Kier molecular flexibility index (Phi) is 14.9. The minimum Gasteiger partial charge on any atom is -0.497 e. The predicted molar refractivity (Wildman–Crippen MR) is 165 cm³/mol. The number of methoxy groups -OCH3 is 2. The molecule has 0 bridgehead atoms. The summed E-state index contributed by atoms with van der Waals surface area (Å²) in [6.07, 6.45) is -6.09. The van der Waals surface area contributed by atoms with Crippen LogP contribution in [0.4, 0.5) is 17.6 Å². The van der Waals surface area contributed by atoms with E-state index in [4.69, 9.17) is 19.7 Å². The Labute approximate surface area is 278 Å². The van der Waals surface area contributed by atoms with Crippen molar-refractivity contribution in [1.29, 1.82) is 0 Å². The number of carboxylic acids is 2. The number of rotatable bonds is 13. The van der Waals surface area contributed by atoms with E-state index >= 15 is 0 Å². The van der Waals surface area contributed by atoms with Crippen LogP contribution in [0.3, 0.4) is 0 Å². The molecule has 3 rings (SSSR count). The standard InChI is InChI=1S/C26H21F4NO5.C8H14O5/c1-15-3-5-17(6-4-15)24(33)31-22(16-7-10-19(35-2)11-8-16)14-23(32)36-25(34)20-12-9-18(13-21(20)27)26(28,29)30;1-5(3-7(9)10)6(13-2)4-8(11)12/h3-13,22H,14H2,1-2H3,(H,31,33);5-6H,3-4H2,1-2H3,(H,9,10)(H,11,12). The van der Waals surface area contributed by atoms with Gasteiger partial charge in [-0.25, -0.2) is 9.18 Å². The fourth-order valence-corrected chi connectivity index (χ4v) is 4.35. The third-order valence-corrected chi connectivity index (χ3v) is 7.04. The molecule has 1 amide bonds. The molecular formula is C34H35F4NO10. The Hall–Kier alpha value is -5.31. The third kappa shape index (κ3) is 13.0. The summed E-state index contributed by atoms with van der Waals surface area (Å²) in [6.45, 7) is 3.51. The molecule has 3 atom stereocenters. The van der Waals surface area contributed by atoms with E-state index in [0.29, 0.717) is 29.0 Å². The van der Waals surface area contributed by atoms with Gasteiger partial charge in [-0.1, -0.05) is 36.8 Å². The molecule has 264 valence electrons. The lowest BCUT2D eigenvalue weighted by Gasteiger charge is -2.19. The number of carbonyl (C=O) groups is 5. The minimum absolute atomic E-state index is 0.0776. The molecule has 15 heteroatoms. The van der Waals surface area contributed by atoms with Crippen LogP contribution in [0.1, 0.15) is 69.6 Å². The SMILES string of the molecule is COC(CC(=O)O)C(C)CC(=O)O.COc1ccc(C(CC(=O)OC(=O)c2ccc(C(F)(F)F)cc2F)NC(=O)c2ccc(C)cc2)cc1. The number of carbonyl (C=O) groups excluding carboxylic acids is 3. The number of halogens is 4. The lowest BCUT2D eigenvalue weighted by Crippen LogP contribution is -2.31. The van der Waals surface area contributed by atoms with Crippen molar-refractivity contribution in [3.05, 3.63) is 100 Å². The number of carboxylic acid groups (broad SMARTS) is 2. The molecule has 0 saturated heterocycles. The highest BCUT2D eigenvalue weighted by Gasteiger charge is 2.32. The highest BCUT2D eigenvalue weighted by atomic mass is 19.4. The van der Waals surface area contributed by atoms with Crippen molar-refractivity contribution in [2.24, 2.45) is 5.92 Å². The van der Waals surface area contributed by atoms with Crippen molar-refractivity contribution in [2.45, 2.75) is 51.4 Å². The molecule has 0 radical (unpaired) electrons. The van der Waals surface area contributed by atoms with Crippen LogP contribution in [0.2, 0.25) is 0 Å². The summed E-state index contributed by atoms with van der Waals surface area (Å²) in [5, 5.41) is 19.6. The van der Waals surface area contributed by atoms with Gasteiger partial charge in [-0.15, -0.1) is 0 Å². The van der Waals surface area contributed by atoms with Crippen LogP contribution < -0.4 is 10.1 Å². The molecule has 0 aliphatic rings. The quantitative estimate of drug-likeness (QED) is 0.110. The number of aryl methyl sites for hydroxylation is 1. The topological polar surface area (TPSA) is 166 Å². The Morgan fingerprint density at radius 3 is 1.92 bits per heavy atom. The van der Waals surface area contributed by atoms with Gasteiger partial charge in [0.2, 0.25) is 0 Å². The first-order chi connectivity index (χ1) is 22.9. The Bertz CT molecular complexity index is 1610. The van der Waals surface area contributed by atoms with E-state index in [1.165, 1.54) is 14.2 Å². The maximum atomic E-state index is 14.1. The molecular weight excluding hydrogens is 658 g/mol. The molecule has 0 spiro atoms. The molecule has 11 nitrogen and oxygen atoms in total. The monoisotopic (exact) mass is 693 g/mol. The first kappa shape index (κ1) is 39.9. The molecule has 3 aromatic carbocycles. The van der Waals surface area contributed by atoms with Gasteiger partial charge in [0.1, 0.15) is 11.6 Å². The van der Waals surface area contributed by atoms with Crippen molar-refractivity contribution < 1.29 is 66.0 Å². The number of hydrogen-bond acceptors (Lipinski definition) is 8. The summed E-state index contributed by atoms with van der Waals surface area (Å²) in [6, 6.07) is 13.4. The molecule has 49 heavy (non-hydrogen) atoms. The zero-order valence-electron chi connectivity index (χ0n) is 26.9. The lowest BCUT2D eigenvalue weighted by molar-refractivity contribution is -0.144. The van der Waals surface area contributed by atoms with Crippen LogP contribution in [-0.4, -0.2) is 60.3 Å². The van der Waals surface area contributed by atoms with Crippen LogP contribution in [0.25, 0.3) is 0 Å². The fraction of sp³-hybridized carbons (Fsp3) is 0.324. The van der Waals surface area contributed by atoms with Gasteiger partial charge in [0.25, 0.3) is 5.91 Å². The maximum absolute atomic E-state index is 14.1. The minimum atomic E-state index is -4.81. The highest BCUT2D eigenvalue weighted by molar-refractivity contribution is 5.98. The van der Waals surface area contributed by atoms with E-state index in [1.807, 2.05) is 6.92 Å². The van der Waals surface area contributed by atoms with Crippen LogP contribution in [0.15, 0.2) is 66.7 Å². The van der Waals surface area contributed by atoms with E-state index in [-0.39, 0.29) is 24.8 Å². The zero-order chi connectivity index (χ0) is 36.9. The van der Waals surface area contributed by atoms with Gasteiger partial charge < -0.3 is 29.7 Å². The molecule has 3 N–H and O–H groups in total. The molecule has 0 aliphatic carbocycles. The molecule has 3 unspecified atom stereocenters. The molecule has 0 saturated carbocycles. The van der Waals surface area contributed by atoms with E-state index in [9.17, 15) is 41.5 Å². The molecule has 0 heterocycles. The average molecular weight is 694 g/mol. The van der Waals surface area contributed by atoms with Crippen molar-refractivity contribution >= 4 is 29.8 Å². The molecule has 3 aromatic rings. The van der Waals surface area contributed by atoms with Gasteiger partial charge in [0.15, 0.2) is 0 Å². The van der Waals surface area contributed by atoms with Crippen molar-refractivity contribution in [2.75, 3.05) is 14.2 Å². The van der Waals surface area contributed by atoms with Crippen molar-refractivity contribution in [1.82, 2.24) is 5.32 Å². The predicted octanol–water partition coefficient (Wildman–Crippen LogP) is 5.99. The van der Waals surface area contributed by atoms with Crippen LogP contribution in [0.5, 0.6) is 5.75 Å². The number of alkyl halides is 3. The molecule has 0 aliphatic heterocycles. The normalized spacial score (nSPS) is 12.7. The first-order valence-electron chi connectivity index (χ1n) is 14.5. The molecule has 0 aromatic heterocycles. The van der Waals surface area contributed by atoms with Crippen molar-refractivity contribution in [3.8, 4) is 5.75 Å². The van der Waals surface area contributed by atoms with Crippen LogP contribution in [-0.2, 0) is 30.0 Å². The summed E-state index contributed by atoms with van der Waals surface area (Å²) in [4.78, 5) is 58.2. The van der Waals surface area contributed by atoms with Gasteiger partial charge in [-0.05, 0) is 60.9 Å². The number of hydrogen-bond donors (Lipinski definition) is 3. The number of ether oxygens (including phenoxy) is 3. The number of amides is 1. The average Bonchev–Trinajstić information content (AvgIpc) is 3.02. The molecule has 0 fully saturated rings. The highest BCUT2D eigenvalue weighted by Crippen LogP contribution is 2.30. The summed E-state index contributed by atoms with van der Waals surface area (Å²) in [5.74, 6) is -6.25. The van der Waals surface area contributed by atoms with Gasteiger partial charge in [-0.3, -0.25) is 19.2 Å². The van der Waals surface area contributed by atoms with Gasteiger partial charge in [0, 0.05) is 12.7 Å². The van der Waals surface area contributed by atoms with Crippen LogP contribution in [0, 0.1) is 18.7 Å². The van der Waals surface area contributed by atoms with Gasteiger partial charge in [-0.2, -0.15) is 13.2 Å². The number of aliphatic carboxylic acids is 2. The second-order valence-electron chi connectivity index (χ2n) is 10.8. The summed E-state index contributed by atoms with van der Waals surface area (Å²) in [5.41, 5.74) is -0.366. The van der Waals surface area contributed by atoms with Crippen molar-refractivity contribution in [3.63, 3.8) is 0 Å². The van der Waals surface area contributed by atoms with Gasteiger partial charge in [0.05, 0.1) is 49.6 Å². The van der Waals surface area contributed by atoms with Gasteiger partial charge >= 0.3 is 30.1 Å². The Morgan fingerprint density at radius 2 is 1.43 bits per heavy atom. The third-order valence-electron chi connectivity index (χ3n) is 7.04. The number of benzene rings is 3.